The number of hydrogen-bond acceptors (Lipinski definition) is 2. The molecule has 3 heteroatoms. The highest BCUT2D eigenvalue weighted by atomic mass is 16.4. The van der Waals surface area contributed by atoms with Crippen molar-refractivity contribution in [3.63, 3.8) is 0 Å². The predicted octanol–water partition coefficient (Wildman–Crippen LogP) is 1.97. The Hall–Kier alpha value is -1.51. The first-order chi connectivity index (χ1) is 6.15. The number of phenolic OH excluding ortho intramolecular Hbond substituents is 1. The van der Waals surface area contributed by atoms with Gasteiger partial charge in [-0.15, -0.1) is 0 Å². The molecule has 1 aromatic rings. The van der Waals surface area contributed by atoms with E-state index in [4.69, 9.17) is 10.2 Å². The third kappa shape index (κ3) is 2.21. The molecular formula is C10H12O3. The summed E-state index contributed by atoms with van der Waals surface area (Å²) >= 11 is 0. The average Bonchev–Trinajstić information content (AvgIpc) is 2.09. The number of aliphatic carboxylic acids is 1. The smallest absolute Gasteiger partial charge is 0.310 e. The lowest BCUT2D eigenvalue weighted by atomic mass is 9.97. The fourth-order valence-electron chi connectivity index (χ4n) is 1.26. The minimum atomic E-state index is -0.826. The first-order valence-electron chi connectivity index (χ1n) is 4.17. The Labute approximate surface area is 76.6 Å². The van der Waals surface area contributed by atoms with Gasteiger partial charge in [0.2, 0.25) is 0 Å². The summed E-state index contributed by atoms with van der Waals surface area (Å²) in [4.78, 5) is 10.8. The van der Waals surface area contributed by atoms with Gasteiger partial charge >= 0.3 is 5.97 Å². The second kappa shape index (κ2) is 3.94. The van der Waals surface area contributed by atoms with Crippen molar-refractivity contribution >= 4 is 5.97 Å². The van der Waals surface area contributed by atoms with Crippen molar-refractivity contribution in [1.82, 2.24) is 0 Å². The van der Waals surface area contributed by atoms with Crippen LogP contribution in [0, 0.1) is 0 Å². The third-order valence-corrected chi connectivity index (χ3v) is 2.00. The molecule has 0 radical (unpaired) electrons. The van der Waals surface area contributed by atoms with E-state index >= 15 is 0 Å². The first-order valence-corrected chi connectivity index (χ1v) is 4.17. The highest BCUT2D eigenvalue weighted by molar-refractivity contribution is 5.76. The highest BCUT2D eigenvalue weighted by Gasteiger charge is 2.16. The Morgan fingerprint density at radius 1 is 1.38 bits per heavy atom. The average molecular weight is 180 g/mol. The van der Waals surface area contributed by atoms with Gasteiger partial charge in [-0.3, -0.25) is 4.79 Å². The molecular weight excluding hydrogens is 168 g/mol. The maximum atomic E-state index is 10.8. The van der Waals surface area contributed by atoms with Crippen LogP contribution in [0.25, 0.3) is 0 Å². The Kier molecular flexibility index (Phi) is 2.90. The minimum absolute atomic E-state index is 0.156. The van der Waals surface area contributed by atoms with Crippen LogP contribution in [0.2, 0.25) is 0 Å². The van der Waals surface area contributed by atoms with Crippen LogP contribution in [0.4, 0.5) is 0 Å². The molecule has 0 saturated carbocycles. The van der Waals surface area contributed by atoms with Crippen molar-refractivity contribution in [3.8, 4) is 5.75 Å². The van der Waals surface area contributed by atoms with Gasteiger partial charge in [-0.2, -0.15) is 0 Å². The zero-order chi connectivity index (χ0) is 9.84. The molecule has 70 valence electrons. The number of benzene rings is 1. The maximum absolute atomic E-state index is 10.8. The molecule has 1 aromatic carbocycles. The lowest BCUT2D eigenvalue weighted by Crippen LogP contribution is -2.09. The molecule has 0 aliphatic carbocycles. The second-order valence-electron chi connectivity index (χ2n) is 2.89. The van der Waals surface area contributed by atoms with E-state index in [1.807, 2.05) is 6.92 Å². The van der Waals surface area contributed by atoms with Gasteiger partial charge < -0.3 is 10.2 Å². The van der Waals surface area contributed by atoms with Crippen LogP contribution in [-0.4, -0.2) is 16.2 Å². The van der Waals surface area contributed by atoms with E-state index in [9.17, 15) is 4.79 Å². The summed E-state index contributed by atoms with van der Waals surface area (Å²) in [6, 6.07) is 6.27. The van der Waals surface area contributed by atoms with Crippen molar-refractivity contribution in [2.45, 2.75) is 19.3 Å². The van der Waals surface area contributed by atoms with E-state index in [1.165, 1.54) is 12.1 Å². The SMILES string of the molecule is CC[C@@H](C(=O)O)c1ccc(O)cc1. The van der Waals surface area contributed by atoms with Crippen molar-refractivity contribution < 1.29 is 15.0 Å². The van der Waals surface area contributed by atoms with E-state index < -0.39 is 11.9 Å². The van der Waals surface area contributed by atoms with E-state index in [1.54, 1.807) is 12.1 Å². The molecule has 1 atom stereocenters. The molecule has 0 heterocycles. The first kappa shape index (κ1) is 9.58. The Morgan fingerprint density at radius 2 is 1.92 bits per heavy atom. The maximum Gasteiger partial charge on any atom is 0.310 e. The largest absolute Gasteiger partial charge is 0.508 e. The van der Waals surface area contributed by atoms with Gasteiger partial charge in [-0.1, -0.05) is 19.1 Å². The molecule has 0 spiro atoms. The fourth-order valence-corrected chi connectivity index (χ4v) is 1.26. The van der Waals surface area contributed by atoms with E-state index in [0.717, 1.165) is 5.56 Å². The van der Waals surface area contributed by atoms with Crippen LogP contribution in [0.15, 0.2) is 24.3 Å². The lowest BCUT2D eigenvalue weighted by molar-refractivity contribution is -0.138. The predicted molar refractivity (Wildman–Crippen MR) is 48.8 cm³/mol. The summed E-state index contributed by atoms with van der Waals surface area (Å²) in [5, 5.41) is 17.8. The van der Waals surface area contributed by atoms with E-state index in [0.29, 0.717) is 6.42 Å². The summed E-state index contributed by atoms with van der Waals surface area (Å²) in [5.74, 6) is -1.14. The van der Waals surface area contributed by atoms with Gasteiger partial charge in [0, 0.05) is 0 Å². The summed E-state index contributed by atoms with van der Waals surface area (Å²) in [6.07, 6.45) is 0.556. The second-order valence-corrected chi connectivity index (χ2v) is 2.89. The molecule has 13 heavy (non-hydrogen) atoms. The van der Waals surface area contributed by atoms with Crippen LogP contribution in [0.3, 0.4) is 0 Å². The van der Waals surface area contributed by atoms with Gasteiger partial charge in [0.1, 0.15) is 5.75 Å². The zero-order valence-electron chi connectivity index (χ0n) is 7.40. The molecule has 0 amide bonds. The number of carboxylic acid groups (broad SMARTS) is 1. The minimum Gasteiger partial charge on any atom is -0.508 e. The van der Waals surface area contributed by atoms with E-state index in [2.05, 4.69) is 0 Å². The van der Waals surface area contributed by atoms with Crippen molar-refractivity contribution in [1.29, 1.82) is 0 Å². The van der Waals surface area contributed by atoms with Crippen LogP contribution < -0.4 is 0 Å². The van der Waals surface area contributed by atoms with Crippen LogP contribution in [0.1, 0.15) is 24.8 Å². The molecule has 0 unspecified atom stereocenters. The Morgan fingerprint density at radius 3 is 2.31 bits per heavy atom. The standard InChI is InChI=1S/C10H12O3/c1-2-9(10(12)13)7-3-5-8(11)6-4-7/h3-6,9,11H,2H2,1H3,(H,12,13)/t9-/m1/s1. The quantitative estimate of drug-likeness (QED) is 0.747. The van der Waals surface area contributed by atoms with Crippen LogP contribution >= 0.6 is 0 Å². The molecule has 2 N–H and O–H groups in total. The molecule has 0 fully saturated rings. The van der Waals surface area contributed by atoms with Gasteiger partial charge in [0.05, 0.1) is 5.92 Å². The van der Waals surface area contributed by atoms with Crippen molar-refractivity contribution in [2.75, 3.05) is 0 Å². The number of hydrogen-bond donors (Lipinski definition) is 2. The molecule has 0 aliphatic rings. The molecule has 3 nitrogen and oxygen atoms in total. The van der Waals surface area contributed by atoms with E-state index in [-0.39, 0.29) is 5.75 Å². The monoisotopic (exact) mass is 180 g/mol. The van der Waals surface area contributed by atoms with Crippen molar-refractivity contribution in [3.05, 3.63) is 29.8 Å². The van der Waals surface area contributed by atoms with Crippen LogP contribution in [0.5, 0.6) is 5.75 Å². The third-order valence-electron chi connectivity index (χ3n) is 2.00. The molecule has 0 saturated heterocycles. The molecule has 0 bridgehead atoms. The summed E-state index contributed by atoms with van der Waals surface area (Å²) in [7, 11) is 0. The Balaban J connectivity index is 2.92. The van der Waals surface area contributed by atoms with Gasteiger partial charge in [-0.05, 0) is 24.1 Å². The topological polar surface area (TPSA) is 57.5 Å². The summed E-state index contributed by atoms with van der Waals surface area (Å²) in [6.45, 7) is 1.83. The normalized spacial score (nSPS) is 12.4. The summed E-state index contributed by atoms with van der Waals surface area (Å²) in [5.41, 5.74) is 0.729. The highest BCUT2D eigenvalue weighted by Crippen LogP contribution is 2.21. The lowest BCUT2D eigenvalue weighted by Gasteiger charge is -2.09. The number of carbonyl (C=O) groups is 1. The number of aromatic hydroxyl groups is 1. The molecule has 1 rings (SSSR count). The van der Waals surface area contributed by atoms with Crippen molar-refractivity contribution in [2.24, 2.45) is 0 Å². The number of carboxylic acids is 1. The van der Waals surface area contributed by atoms with Gasteiger partial charge in [-0.25, -0.2) is 0 Å². The number of phenols is 1. The van der Waals surface area contributed by atoms with Gasteiger partial charge in [0.15, 0.2) is 0 Å². The molecule has 0 aromatic heterocycles. The Bertz CT molecular complexity index is 290. The van der Waals surface area contributed by atoms with Gasteiger partial charge in [0.25, 0.3) is 0 Å². The molecule has 0 aliphatic heterocycles. The van der Waals surface area contributed by atoms with Crippen LogP contribution in [-0.2, 0) is 4.79 Å². The summed E-state index contributed by atoms with van der Waals surface area (Å²) < 4.78 is 0. The fraction of sp³-hybridized carbons (Fsp3) is 0.300. The number of rotatable bonds is 3. The zero-order valence-corrected chi connectivity index (χ0v) is 7.40.